The second-order valence-electron chi connectivity index (χ2n) is 7.45. The molecule has 1 saturated heterocycles. The molecule has 2 heterocycles. The van der Waals surface area contributed by atoms with Gasteiger partial charge in [-0.3, -0.25) is 4.79 Å². The molecule has 0 radical (unpaired) electrons. The van der Waals surface area contributed by atoms with Crippen molar-refractivity contribution < 1.29 is 9.90 Å². The fraction of sp³-hybridized carbons (Fsp3) is 0.526. The number of nitrogens with zero attached hydrogens (tertiary/aromatic N) is 3. The number of hydrazine groups is 1. The Morgan fingerprint density at radius 3 is 2.85 bits per heavy atom. The Kier molecular flexibility index (Phi) is 5.09. The summed E-state index contributed by atoms with van der Waals surface area (Å²) in [6, 6.07) is 6.91. The van der Waals surface area contributed by atoms with Crippen molar-refractivity contribution >= 4 is 5.91 Å². The summed E-state index contributed by atoms with van der Waals surface area (Å²) in [5.41, 5.74) is 6.93. The summed E-state index contributed by atoms with van der Waals surface area (Å²) in [4.78, 5) is 12.7. The molecule has 1 aromatic carbocycles. The molecule has 1 aliphatic carbocycles. The lowest BCUT2D eigenvalue weighted by atomic mass is 10.0. The maximum atomic E-state index is 12.7. The largest absolute Gasteiger partial charge is 0.508 e. The van der Waals surface area contributed by atoms with Gasteiger partial charge in [0.1, 0.15) is 18.1 Å². The molecular formula is C19H26N6O2. The Labute approximate surface area is 158 Å². The summed E-state index contributed by atoms with van der Waals surface area (Å²) in [5.74, 6) is 0.947. The first-order valence-corrected chi connectivity index (χ1v) is 9.62. The summed E-state index contributed by atoms with van der Waals surface area (Å²) >= 11 is 0. The van der Waals surface area contributed by atoms with Crippen LogP contribution in [0.1, 0.15) is 68.5 Å². The third kappa shape index (κ3) is 3.68. The maximum absolute atomic E-state index is 12.7. The van der Waals surface area contributed by atoms with Crippen molar-refractivity contribution in [3.8, 4) is 5.75 Å². The van der Waals surface area contributed by atoms with E-state index in [0.29, 0.717) is 12.5 Å². The highest BCUT2D eigenvalue weighted by atomic mass is 16.3. The molecule has 4 rings (SSSR count). The van der Waals surface area contributed by atoms with E-state index in [4.69, 9.17) is 0 Å². The van der Waals surface area contributed by atoms with Crippen LogP contribution in [-0.2, 0) is 4.79 Å². The van der Waals surface area contributed by atoms with Gasteiger partial charge in [0.15, 0.2) is 5.82 Å². The van der Waals surface area contributed by atoms with Gasteiger partial charge in [-0.05, 0) is 32.3 Å². The highest BCUT2D eigenvalue weighted by Gasteiger charge is 2.32. The Hall–Kier alpha value is -2.45. The van der Waals surface area contributed by atoms with Crippen LogP contribution in [0.3, 0.4) is 0 Å². The number of hydrogen-bond donors (Lipinski definition) is 4. The van der Waals surface area contributed by atoms with E-state index in [0.717, 1.165) is 24.2 Å². The van der Waals surface area contributed by atoms with Crippen molar-refractivity contribution in [2.75, 3.05) is 0 Å². The van der Waals surface area contributed by atoms with Gasteiger partial charge in [-0.1, -0.05) is 31.0 Å². The van der Waals surface area contributed by atoms with Crippen molar-refractivity contribution in [2.45, 2.75) is 63.2 Å². The van der Waals surface area contributed by atoms with E-state index in [1.165, 1.54) is 12.8 Å². The minimum absolute atomic E-state index is 0.0890. The molecule has 8 nitrogen and oxygen atoms in total. The van der Waals surface area contributed by atoms with Crippen LogP contribution in [0.15, 0.2) is 30.6 Å². The van der Waals surface area contributed by atoms with Crippen LogP contribution in [0, 0.1) is 0 Å². The van der Waals surface area contributed by atoms with Gasteiger partial charge in [0.25, 0.3) is 0 Å². The fourth-order valence-electron chi connectivity index (χ4n) is 4.12. The van der Waals surface area contributed by atoms with E-state index >= 15 is 0 Å². The highest BCUT2D eigenvalue weighted by molar-refractivity contribution is 5.82. The number of nitrogens with one attached hydrogen (secondary N) is 3. The summed E-state index contributed by atoms with van der Waals surface area (Å²) < 4.78 is 2.11. The number of amides is 1. The normalized spacial score (nSPS) is 24.2. The van der Waals surface area contributed by atoms with E-state index < -0.39 is 0 Å². The van der Waals surface area contributed by atoms with Gasteiger partial charge in [0.05, 0.1) is 12.1 Å². The lowest BCUT2D eigenvalue weighted by molar-refractivity contribution is -0.123. The number of aromatic hydroxyl groups is 1. The summed E-state index contributed by atoms with van der Waals surface area (Å²) in [6.45, 7) is 1.94. The van der Waals surface area contributed by atoms with Crippen LogP contribution < -0.4 is 16.2 Å². The zero-order valence-corrected chi connectivity index (χ0v) is 15.4. The number of phenolic OH excluding ortho intramolecular Hbond substituents is 1. The molecule has 0 spiro atoms. The molecule has 8 heteroatoms. The van der Waals surface area contributed by atoms with Gasteiger partial charge < -0.3 is 15.0 Å². The van der Waals surface area contributed by atoms with Crippen LogP contribution >= 0.6 is 0 Å². The monoisotopic (exact) mass is 370 g/mol. The van der Waals surface area contributed by atoms with Crippen molar-refractivity contribution in [3.63, 3.8) is 0 Å². The summed E-state index contributed by atoms with van der Waals surface area (Å²) in [5, 5.41) is 21.4. The number of benzene rings is 1. The number of hydrogen-bond acceptors (Lipinski definition) is 6. The molecule has 3 unspecified atom stereocenters. The Morgan fingerprint density at radius 2 is 2.07 bits per heavy atom. The maximum Gasteiger partial charge on any atom is 0.239 e. The smallest absolute Gasteiger partial charge is 0.239 e. The molecule has 144 valence electrons. The van der Waals surface area contributed by atoms with Crippen LogP contribution in [0.25, 0.3) is 0 Å². The standard InChI is InChI=1S/C19H26N6O2/c1-12(18-24-20-11-25(18)13-6-2-3-7-13)21-19(27)16-10-15(22-23-16)14-8-4-5-9-17(14)26/h4-5,8-9,11-13,15-16,22-23,26H,2-3,6-7,10H2,1H3,(H,21,27). The molecule has 1 amide bonds. The fourth-order valence-corrected chi connectivity index (χ4v) is 4.12. The SMILES string of the molecule is CC(NC(=O)C1CC(c2ccccc2O)NN1)c1nncn1C1CCCC1. The van der Waals surface area contributed by atoms with Crippen LogP contribution in [0.4, 0.5) is 0 Å². The second-order valence-corrected chi connectivity index (χ2v) is 7.45. The number of para-hydroxylation sites is 1. The van der Waals surface area contributed by atoms with Gasteiger partial charge in [0.2, 0.25) is 5.91 Å². The van der Waals surface area contributed by atoms with Gasteiger partial charge >= 0.3 is 0 Å². The first kappa shape index (κ1) is 17.9. The van der Waals surface area contributed by atoms with Gasteiger partial charge in [0, 0.05) is 11.6 Å². The van der Waals surface area contributed by atoms with Gasteiger partial charge in [-0.2, -0.15) is 0 Å². The molecule has 27 heavy (non-hydrogen) atoms. The molecule has 2 fully saturated rings. The van der Waals surface area contributed by atoms with E-state index in [1.54, 1.807) is 18.5 Å². The predicted octanol–water partition coefficient (Wildman–Crippen LogP) is 1.88. The van der Waals surface area contributed by atoms with Gasteiger partial charge in [-0.25, -0.2) is 10.9 Å². The average Bonchev–Trinajstić information content (AvgIpc) is 3.41. The molecule has 4 N–H and O–H groups in total. The Bertz CT molecular complexity index is 801. The summed E-state index contributed by atoms with van der Waals surface area (Å²) in [7, 11) is 0. The van der Waals surface area contributed by atoms with E-state index in [9.17, 15) is 9.90 Å². The topological polar surface area (TPSA) is 104 Å². The van der Waals surface area contributed by atoms with Crippen molar-refractivity contribution in [1.29, 1.82) is 0 Å². The number of rotatable bonds is 5. The quantitative estimate of drug-likeness (QED) is 0.641. The van der Waals surface area contributed by atoms with Crippen LogP contribution in [-0.4, -0.2) is 31.8 Å². The third-order valence-corrected chi connectivity index (χ3v) is 5.60. The Morgan fingerprint density at radius 1 is 1.30 bits per heavy atom. The zero-order valence-electron chi connectivity index (χ0n) is 15.4. The lowest BCUT2D eigenvalue weighted by Crippen LogP contribution is -2.44. The first-order valence-electron chi connectivity index (χ1n) is 9.62. The minimum Gasteiger partial charge on any atom is -0.508 e. The van der Waals surface area contributed by atoms with Crippen molar-refractivity contribution in [1.82, 2.24) is 30.9 Å². The van der Waals surface area contributed by atoms with Gasteiger partial charge in [-0.15, -0.1) is 10.2 Å². The minimum atomic E-state index is -0.375. The van der Waals surface area contributed by atoms with E-state index in [1.807, 2.05) is 19.1 Å². The molecule has 1 saturated carbocycles. The number of carbonyl (C=O) groups is 1. The molecule has 1 aromatic heterocycles. The summed E-state index contributed by atoms with van der Waals surface area (Å²) in [6.07, 6.45) is 7.08. The number of aromatic nitrogens is 3. The highest BCUT2D eigenvalue weighted by Crippen LogP contribution is 2.32. The van der Waals surface area contributed by atoms with Crippen LogP contribution in [0.2, 0.25) is 0 Å². The average molecular weight is 370 g/mol. The van der Waals surface area contributed by atoms with Crippen molar-refractivity contribution in [3.05, 3.63) is 42.0 Å². The molecule has 2 aliphatic rings. The number of phenols is 1. The second kappa shape index (κ2) is 7.66. The lowest BCUT2D eigenvalue weighted by Gasteiger charge is -2.20. The third-order valence-electron chi connectivity index (χ3n) is 5.60. The predicted molar refractivity (Wildman–Crippen MR) is 99.6 cm³/mol. The molecule has 1 aliphatic heterocycles. The van der Waals surface area contributed by atoms with Crippen LogP contribution in [0.5, 0.6) is 5.75 Å². The molecule has 0 bridgehead atoms. The molecule has 3 atom stereocenters. The number of carbonyl (C=O) groups excluding carboxylic acids is 1. The Balaban J connectivity index is 1.38. The molecular weight excluding hydrogens is 344 g/mol. The van der Waals surface area contributed by atoms with E-state index in [2.05, 4.69) is 30.9 Å². The van der Waals surface area contributed by atoms with Crippen molar-refractivity contribution in [2.24, 2.45) is 0 Å². The van der Waals surface area contributed by atoms with E-state index in [-0.39, 0.29) is 29.8 Å². The first-order chi connectivity index (χ1) is 13.1. The molecule has 2 aromatic rings. The zero-order chi connectivity index (χ0) is 18.8.